The number of hydrogen-bond donors (Lipinski definition) is 0. The van der Waals surface area contributed by atoms with E-state index < -0.39 is 9.84 Å². The zero-order valence-corrected chi connectivity index (χ0v) is 15.7. The summed E-state index contributed by atoms with van der Waals surface area (Å²) < 4.78 is 29.7. The van der Waals surface area contributed by atoms with Gasteiger partial charge in [-0.2, -0.15) is 0 Å². The molecule has 0 aromatic heterocycles. The minimum atomic E-state index is -3.14. The smallest absolute Gasteiger partial charge is 0.319 e. The number of hydrogen-bond acceptors (Lipinski definition) is 5. The van der Waals surface area contributed by atoms with Gasteiger partial charge in [0.25, 0.3) is 0 Å². The van der Waals surface area contributed by atoms with E-state index in [1.807, 2.05) is 24.3 Å². The van der Waals surface area contributed by atoms with Gasteiger partial charge in [-0.15, -0.1) is 0 Å². The number of carbonyl (C=O) groups excluding carboxylic acids is 1. The highest BCUT2D eigenvalue weighted by atomic mass is 32.2. The van der Waals surface area contributed by atoms with Crippen molar-refractivity contribution < 1.29 is 17.9 Å². The quantitative estimate of drug-likeness (QED) is 0.785. The molecule has 2 fully saturated rings. The summed E-state index contributed by atoms with van der Waals surface area (Å²) in [5.41, 5.74) is 1.08. The van der Waals surface area contributed by atoms with Crippen molar-refractivity contribution in [3.8, 4) is 5.75 Å². The Morgan fingerprint density at radius 2 is 1.96 bits per heavy atom. The summed E-state index contributed by atoms with van der Waals surface area (Å²) in [7, 11) is 1.89. The van der Waals surface area contributed by atoms with Gasteiger partial charge >= 0.3 is 6.03 Å². The van der Waals surface area contributed by atoms with Crippen LogP contribution in [0.1, 0.15) is 5.56 Å². The van der Waals surface area contributed by atoms with Crippen LogP contribution < -0.4 is 4.74 Å². The van der Waals surface area contributed by atoms with Crippen molar-refractivity contribution in [1.29, 1.82) is 0 Å². The third kappa shape index (κ3) is 3.74. The molecular formula is C17H25N3O4S. The molecule has 2 saturated heterocycles. The third-order valence-corrected chi connectivity index (χ3v) is 6.64. The van der Waals surface area contributed by atoms with Crippen LogP contribution in [-0.4, -0.2) is 87.0 Å². The van der Waals surface area contributed by atoms with Crippen LogP contribution in [-0.2, 0) is 16.4 Å². The predicted octanol–water partition coefficient (Wildman–Crippen LogP) is 0.660. The number of rotatable bonds is 3. The molecule has 7 nitrogen and oxygen atoms in total. The average molecular weight is 367 g/mol. The minimum Gasteiger partial charge on any atom is -0.497 e. The predicted molar refractivity (Wildman–Crippen MR) is 95.4 cm³/mol. The lowest BCUT2D eigenvalue weighted by molar-refractivity contribution is 0.0520. The normalized spacial score (nSPS) is 25.5. The molecule has 25 heavy (non-hydrogen) atoms. The highest BCUT2D eigenvalue weighted by Gasteiger charge is 2.48. The number of piperazine rings is 1. The van der Waals surface area contributed by atoms with Gasteiger partial charge in [0.15, 0.2) is 9.84 Å². The van der Waals surface area contributed by atoms with E-state index in [2.05, 4.69) is 4.90 Å². The Balaban J connectivity index is 1.82. The molecule has 0 N–H and O–H groups in total. The fraction of sp³-hybridized carbons (Fsp3) is 0.588. The van der Waals surface area contributed by atoms with Crippen LogP contribution in [0.5, 0.6) is 5.75 Å². The van der Waals surface area contributed by atoms with Crippen molar-refractivity contribution in [3.05, 3.63) is 29.8 Å². The van der Waals surface area contributed by atoms with Crippen molar-refractivity contribution in [3.63, 3.8) is 0 Å². The first-order chi connectivity index (χ1) is 11.8. The zero-order valence-electron chi connectivity index (χ0n) is 14.9. The lowest BCUT2D eigenvalue weighted by Gasteiger charge is -2.44. The summed E-state index contributed by atoms with van der Waals surface area (Å²) >= 11 is 0. The summed E-state index contributed by atoms with van der Waals surface area (Å²) in [4.78, 5) is 17.8. The summed E-state index contributed by atoms with van der Waals surface area (Å²) in [6.45, 7) is 1.85. The molecule has 0 radical (unpaired) electrons. The largest absolute Gasteiger partial charge is 0.497 e. The first-order valence-electron chi connectivity index (χ1n) is 8.36. The molecule has 0 saturated carbocycles. The Hall–Kier alpha value is -1.80. The summed E-state index contributed by atoms with van der Waals surface area (Å²) in [6, 6.07) is 7.25. The number of amides is 2. The molecule has 0 spiro atoms. The van der Waals surface area contributed by atoms with Gasteiger partial charge < -0.3 is 14.5 Å². The van der Waals surface area contributed by atoms with Gasteiger partial charge in [0.2, 0.25) is 0 Å². The molecule has 2 heterocycles. The molecule has 138 valence electrons. The van der Waals surface area contributed by atoms with E-state index in [-0.39, 0.29) is 29.6 Å². The van der Waals surface area contributed by atoms with Crippen LogP contribution in [0.2, 0.25) is 0 Å². The molecule has 2 amide bonds. The van der Waals surface area contributed by atoms with Gasteiger partial charge in [-0.25, -0.2) is 13.2 Å². The van der Waals surface area contributed by atoms with E-state index >= 15 is 0 Å². The van der Waals surface area contributed by atoms with Gasteiger partial charge in [-0.3, -0.25) is 4.90 Å². The molecule has 0 aliphatic carbocycles. The number of benzene rings is 1. The molecule has 2 aliphatic heterocycles. The van der Waals surface area contributed by atoms with Crippen molar-refractivity contribution in [2.24, 2.45) is 0 Å². The molecule has 1 aromatic carbocycles. The standard InChI is InChI=1S/C17H25N3O4S/c1-18(2)17(21)20-8-7-19(15-11-25(22,23)12-16(15)20)10-13-5-4-6-14(9-13)24-3/h4-6,9,15-16H,7-8,10-12H2,1-3H3/t15-,16+/m0/s1. The molecule has 2 aliphatic rings. The van der Waals surface area contributed by atoms with Crippen molar-refractivity contribution in [1.82, 2.24) is 14.7 Å². The number of carbonyl (C=O) groups is 1. The van der Waals surface area contributed by atoms with E-state index in [1.54, 1.807) is 26.1 Å². The Morgan fingerprint density at radius 1 is 1.24 bits per heavy atom. The van der Waals surface area contributed by atoms with Crippen LogP contribution in [0.15, 0.2) is 24.3 Å². The molecule has 0 unspecified atom stereocenters. The Labute approximate surface area is 149 Å². The zero-order chi connectivity index (χ0) is 18.2. The van der Waals surface area contributed by atoms with E-state index in [0.717, 1.165) is 11.3 Å². The van der Waals surface area contributed by atoms with E-state index in [1.165, 1.54) is 4.90 Å². The minimum absolute atomic E-state index is 0.0475. The Bertz CT molecular complexity index is 750. The SMILES string of the molecule is COc1cccc(CN2CCN(C(=O)N(C)C)[C@@H]3CS(=O)(=O)C[C@@H]32)c1. The maximum atomic E-state index is 12.4. The molecule has 0 bridgehead atoms. The van der Waals surface area contributed by atoms with Crippen molar-refractivity contribution in [2.45, 2.75) is 18.6 Å². The number of sulfone groups is 1. The Kier molecular flexibility index (Phi) is 4.92. The van der Waals surface area contributed by atoms with Crippen LogP contribution in [0.3, 0.4) is 0 Å². The average Bonchev–Trinajstić information content (AvgIpc) is 2.90. The van der Waals surface area contributed by atoms with Gasteiger partial charge in [0.1, 0.15) is 5.75 Å². The van der Waals surface area contributed by atoms with Crippen LogP contribution >= 0.6 is 0 Å². The lowest BCUT2D eigenvalue weighted by atomic mass is 10.0. The number of urea groups is 1. The molecule has 2 atom stereocenters. The monoisotopic (exact) mass is 367 g/mol. The second kappa shape index (κ2) is 6.84. The molecular weight excluding hydrogens is 342 g/mol. The van der Waals surface area contributed by atoms with Crippen molar-refractivity contribution >= 4 is 15.9 Å². The highest BCUT2D eigenvalue weighted by molar-refractivity contribution is 7.91. The van der Waals surface area contributed by atoms with Gasteiger partial charge in [0.05, 0.1) is 24.7 Å². The van der Waals surface area contributed by atoms with E-state index in [0.29, 0.717) is 19.6 Å². The molecule has 8 heteroatoms. The summed E-state index contributed by atoms with van der Waals surface area (Å²) in [5, 5.41) is 0. The van der Waals surface area contributed by atoms with Crippen molar-refractivity contribution in [2.75, 3.05) is 45.8 Å². The Morgan fingerprint density at radius 3 is 2.64 bits per heavy atom. The first-order valence-corrected chi connectivity index (χ1v) is 10.2. The second-order valence-corrected chi connectivity index (χ2v) is 9.06. The first kappa shape index (κ1) is 18.0. The lowest BCUT2D eigenvalue weighted by Crippen LogP contribution is -2.61. The van der Waals surface area contributed by atoms with Gasteiger partial charge in [-0.05, 0) is 17.7 Å². The molecule has 3 rings (SSSR count). The maximum absolute atomic E-state index is 12.4. The van der Waals surface area contributed by atoms with Gasteiger partial charge in [-0.1, -0.05) is 12.1 Å². The topological polar surface area (TPSA) is 70.2 Å². The number of fused-ring (bicyclic) bond motifs is 1. The summed E-state index contributed by atoms with van der Waals surface area (Å²) in [6.07, 6.45) is 0. The van der Waals surface area contributed by atoms with Crippen LogP contribution in [0.25, 0.3) is 0 Å². The molecule has 1 aromatic rings. The number of ether oxygens (including phenoxy) is 1. The number of nitrogens with zero attached hydrogens (tertiary/aromatic N) is 3. The van der Waals surface area contributed by atoms with Gasteiger partial charge in [0, 0.05) is 39.8 Å². The third-order valence-electron chi connectivity index (χ3n) is 4.94. The fourth-order valence-corrected chi connectivity index (χ4v) is 5.73. The fourth-order valence-electron chi connectivity index (χ4n) is 3.72. The second-order valence-electron chi connectivity index (χ2n) is 6.90. The number of methoxy groups -OCH3 is 1. The highest BCUT2D eigenvalue weighted by Crippen LogP contribution is 2.29. The maximum Gasteiger partial charge on any atom is 0.319 e. The van der Waals surface area contributed by atoms with E-state index in [4.69, 9.17) is 4.74 Å². The van der Waals surface area contributed by atoms with Crippen LogP contribution in [0.4, 0.5) is 4.79 Å². The summed E-state index contributed by atoms with van der Waals surface area (Å²) in [5.74, 6) is 0.944. The van der Waals surface area contributed by atoms with E-state index in [9.17, 15) is 13.2 Å². The van der Waals surface area contributed by atoms with Crippen LogP contribution in [0, 0.1) is 0 Å².